The molecule has 2 N–H and O–H groups in total. The molecule has 18 heavy (non-hydrogen) atoms. The van der Waals surface area contributed by atoms with E-state index in [0.717, 1.165) is 44.3 Å². The molecule has 100 valence electrons. The average Bonchev–Trinajstić information content (AvgIpc) is 2.40. The number of halogens is 1. The van der Waals surface area contributed by atoms with Crippen molar-refractivity contribution >= 4 is 11.6 Å². The lowest BCUT2D eigenvalue weighted by atomic mass is 9.75. The topological polar surface area (TPSA) is 32.3 Å². The first kappa shape index (κ1) is 13.9. The van der Waals surface area contributed by atoms with E-state index in [1.165, 1.54) is 0 Å². The minimum atomic E-state index is -0.743. The van der Waals surface area contributed by atoms with Gasteiger partial charge in [-0.1, -0.05) is 37.1 Å². The summed E-state index contributed by atoms with van der Waals surface area (Å²) in [5, 5.41) is 15.2. The molecule has 1 saturated heterocycles. The summed E-state index contributed by atoms with van der Waals surface area (Å²) in [7, 11) is 0. The number of rotatable bonds is 4. The minimum Gasteiger partial charge on any atom is -0.385 e. The van der Waals surface area contributed by atoms with Crippen LogP contribution in [0.2, 0.25) is 5.02 Å². The van der Waals surface area contributed by atoms with Crippen LogP contribution in [0.5, 0.6) is 0 Å². The Morgan fingerprint density at radius 1 is 1.50 bits per heavy atom. The quantitative estimate of drug-likeness (QED) is 0.877. The molecule has 1 aromatic rings. The third-order valence-electron chi connectivity index (χ3n) is 3.93. The second kappa shape index (κ2) is 6.05. The number of hydrogen-bond donors (Lipinski definition) is 2. The predicted octanol–water partition coefficient (Wildman–Crippen LogP) is 3.33. The first-order valence-corrected chi connectivity index (χ1v) is 7.23. The fourth-order valence-corrected chi connectivity index (χ4v) is 3.17. The van der Waals surface area contributed by atoms with E-state index in [1.54, 1.807) is 0 Å². The molecule has 1 aromatic carbocycles. The summed E-state index contributed by atoms with van der Waals surface area (Å²) in [5.41, 5.74) is 0.220. The molecule has 1 aliphatic rings. The molecular formula is C15H22ClNO. The molecule has 1 aliphatic heterocycles. The van der Waals surface area contributed by atoms with Gasteiger partial charge in [0.05, 0.1) is 5.60 Å². The van der Waals surface area contributed by atoms with Crippen molar-refractivity contribution in [2.75, 3.05) is 13.1 Å². The summed E-state index contributed by atoms with van der Waals surface area (Å²) in [6.07, 6.45) is 3.98. The van der Waals surface area contributed by atoms with Crippen LogP contribution in [0.15, 0.2) is 24.3 Å². The Kier molecular flexibility index (Phi) is 4.66. The molecule has 0 saturated carbocycles. The van der Waals surface area contributed by atoms with Crippen molar-refractivity contribution in [3.05, 3.63) is 34.9 Å². The van der Waals surface area contributed by atoms with Gasteiger partial charge in [0.2, 0.25) is 0 Å². The lowest BCUT2D eigenvalue weighted by molar-refractivity contribution is -0.0412. The van der Waals surface area contributed by atoms with E-state index >= 15 is 0 Å². The van der Waals surface area contributed by atoms with Crippen LogP contribution in [0, 0.1) is 5.92 Å². The fourth-order valence-electron chi connectivity index (χ4n) is 2.98. The van der Waals surface area contributed by atoms with E-state index < -0.39 is 5.60 Å². The van der Waals surface area contributed by atoms with Crippen LogP contribution >= 0.6 is 11.6 Å². The van der Waals surface area contributed by atoms with Gasteiger partial charge in [0.1, 0.15) is 0 Å². The van der Waals surface area contributed by atoms with Gasteiger partial charge in [-0.05, 0) is 43.5 Å². The maximum atomic E-state index is 11.1. The van der Waals surface area contributed by atoms with Crippen LogP contribution in [0.4, 0.5) is 0 Å². The molecule has 2 nitrogen and oxygen atoms in total. The molecule has 1 fully saturated rings. The van der Waals surface area contributed by atoms with Crippen LogP contribution in [0.25, 0.3) is 0 Å². The van der Waals surface area contributed by atoms with Gasteiger partial charge in [0.15, 0.2) is 0 Å². The second-order valence-electron chi connectivity index (χ2n) is 5.23. The molecule has 2 unspecified atom stereocenters. The van der Waals surface area contributed by atoms with Crippen molar-refractivity contribution in [3.63, 3.8) is 0 Å². The van der Waals surface area contributed by atoms with Crippen molar-refractivity contribution in [1.82, 2.24) is 5.32 Å². The highest BCUT2D eigenvalue weighted by Gasteiger charge is 2.38. The molecule has 2 atom stereocenters. The van der Waals surface area contributed by atoms with Gasteiger partial charge < -0.3 is 10.4 Å². The first-order valence-electron chi connectivity index (χ1n) is 6.86. The van der Waals surface area contributed by atoms with E-state index in [1.807, 2.05) is 24.3 Å². The van der Waals surface area contributed by atoms with Crippen molar-refractivity contribution < 1.29 is 5.11 Å². The number of benzene rings is 1. The molecule has 1 heterocycles. The zero-order valence-corrected chi connectivity index (χ0v) is 11.7. The lowest BCUT2D eigenvalue weighted by Crippen LogP contribution is -2.44. The third kappa shape index (κ3) is 2.87. The fraction of sp³-hybridized carbons (Fsp3) is 0.600. The Balaban J connectivity index is 2.29. The highest BCUT2D eigenvalue weighted by atomic mass is 35.5. The Bertz CT molecular complexity index is 390. The monoisotopic (exact) mass is 267 g/mol. The molecular weight excluding hydrogens is 246 g/mol. The van der Waals surface area contributed by atoms with Crippen LogP contribution in [0.3, 0.4) is 0 Å². The predicted molar refractivity (Wildman–Crippen MR) is 75.9 cm³/mol. The molecule has 0 radical (unpaired) electrons. The first-order chi connectivity index (χ1) is 8.66. The van der Waals surface area contributed by atoms with Crippen LogP contribution in [-0.2, 0) is 5.60 Å². The van der Waals surface area contributed by atoms with E-state index in [4.69, 9.17) is 11.6 Å². The van der Waals surface area contributed by atoms with E-state index in [9.17, 15) is 5.11 Å². The van der Waals surface area contributed by atoms with Crippen molar-refractivity contribution in [2.24, 2.45) is 5.92 Å². The van der Waals surface area contributed by atoms with Gasteiger partial charge in [0, 0.05) is 17.5 Å². The molecule has 2 rings (SSSR count). The maximum Gasteiger partial charge on any atom is 0.0937 e. The third-order valence-corrected chi connectivity index (χ3v) is 4.16. The molecule has 0 aliphatic carbocycles. The number of piperidine rings is 1. The Morgan fingerprint density at radius 2 is 2.33 bits per heavy atom. The smallest absolute Gasteiger partial charge is 0.0937 e. The summed E-state index contributed by atoms with van der Waals surface area (Å²) in [5.74, 6) is 0.282. The maximum absolute atomic E-state index is 11.1. The summed E-state index contributed by atoms with van der Waals surface area (Å²) in [6.45, 7) is 4.07. The number of hydrogen-bond acceptors (Lipinski definition) is 2. The standard InChI is InChI=1S/C15H22ClNO/c1-2-8-15(18,13-6-4-9-17-11-13)12-5-3-7-14(16)10-12/h3,5,7,10,13,17-18H,2,4,6,8-9,11H2,1H3. The average molecular weight is 268 g/mol. The molecule has 0 spiro atoms. The van der Waals surface area contributed by atoms with Crippen molar-refractivity contribution in [2.45, 2.75) is 38.2 Å². The normalized spacial score (nSPS) is 23.6. The second-order valence-corrected chi connectivity index (χ2v) is 5.66. The largest absolute Gasteiger partial charge is 0.385 e. The Morgan fingerprint density at radius 3 is 2.94 bits per heavy atom. The van der Waals surface area contributed by atoms with Crippen LogP contribution in [0.1, 0.15) is 38.2 Å². The summed E-state index contributed by atoms with van der Waals surface area (Å²) >= 11 is 6.06. The number of nitrogens with one attached hydrogen (secondary N) is 1. The summed E-state index contributed by atoms with van der Waals surface area (Å²) < 4.78 is 0. The van der Waals surface area contributed by atoms with Gasteiger partial charge in [-0.25, -0.2) is 0 Å². The zero-order valence-electron chi connectivity index (χ0n) is 11.0. The minimum absolute atomic E-state index is 0.282. The van der Waals surface area contributed by atoms with Gasteiger partial charge in [-0.2, -0.15) is 0 Å². The van der Waals surface area contributed by atoms with Crippen molar-refractivity contribution in [3.8, 4) is 0 Å². The van der Waals surface area contributed by atoms with Gasteiger partial charge in [-0.3, -0.25) is 0 Å². The van der Waals surface area contributed by atoms with Crippen LogP contribution in [-0.4, -0.2) is 18.2 Å². The molecule has 0 bridgehead atoms. The molecule has 3 heteroatoms. The van der Waals surface area contributed by atoms with E-state index in [0.29, 0.717) is 5.02 Å². The Labute approximate surface area is 114 Å². The lowest BCUT2D eigenvalue weighted by Gasteiger charge is -2.39. The van der Waals surface area contributed by atoms with Gasteiger partial charge in [0.25, 0.3) is 0 Å². The van der Waals surface area contributed by atoms with Crippen LogP contribution < -0.4 is 5.32 Å². The van der Waals surface area contributed by atoms with Gasteiger partial charge in [-0.15, -0.1) is 0 Å². The molecule has 0 aromatic heterocycles. The van der Waals surface area contributed by atoms with Gasteiger partial charge >= 0.3 is 0 Å². The highest BCUT2D eigenvalue weighted by Crippen LogP contribution is 2.38. The molecule has 0 amide bonds. The number of aliphatic hydroxyl groups is 1. The van der Waals surface area contributed by atoms with Crippen molar-refractivity contribution in [1.29, 1.82) is 0 Å². The highest BCUT2D eigenvalue weighted by molar-refractivity contribution is 6.30. The SMILES string of the molecule is CCCC(O)(c1cccc(Cl)c1)C1CCCNC1. The van der Waals surface area contributed by atoms with E-state index in [2.05, 4.69) is 12.2 Å². The van der Waals surface area contributed by atoms with E-state index in [-0.39, 0.29) is 5.92 Å². The zero-order chi connectivity index (χ0) is 13.0. The summed E-state index contributed by atoms with van der Waals surface area (Å²) in [4.78, 5) is 0. The Hall–Kier alpha value is -0.570. The summed E-state index contributed by atoms with van der Waals surface area (Å²) in [6, 6.07) is 7.69.